The van der Waals surface area contributed by atoms with E-state index < -0.39 is 24.3 Å². The average molecular weight is 592 g/mol. The lowest BCUT2D eigenvalue weighted by Crippen LogP contribution is -2.43. The normalized spacial score (nSPS) is 19.7. The van der Waals surface area contributed by atoms with Crippen molar-refractivity contribution in [2.24, 2.45) is 5.92 Å². The number of rotatable bonds is 6. The summed E-state index contributed by atoms with van der Waals surface area (Å²) in [6, 6.07) is 15.7. The second kappa shape index (κ2) is 14.8. The number of nitrogens with zero attached hydrogens (tertiary/aromatic N) is 1. The summed E-state index contributed by atoms with van der Waals surface area (Å²) in [4.78, 5) is 34.8. The van der Waals surface area contributed by atoms with Gasteiger partial charge in [-0.2, -0.15) is 26.3 Å². The molecule has 1 aliphatic carbocycles. The van der Waals surface area contributed by atoms with Gasteiger partial charge in [-0.15, -0.1) is 0 Å². The molecule has 2 fully saturated rings. The van der Waals surface area contributed by atoms with Crippen LogP contribution in [-0.4, -0.2) is 69.6 Å². The molecular weight excluding hydrogens is 560 g/mol. The van der Waals surface area contributed by atoms with Gasteiger partial charge in [-0.3, -0.25) is 9.69 Å². The molecule has 226 valence electrons. The molecule has 0 radical (unpaired) electrons. The third kappa shape index (κ3) is 12.2. The van der Waals surface area contributed by atoms with E-state index in [-0.39, 0.29) is 5.56 Å². The maximum Gasteiger partial charge on any atom is 0.490 e. The molecule has 2 aliphatic rings. The van der Waals surface area contributed by atoms with E-state index in [1.165, 1.54) is 17.6 Å². The van der Waals surface area contributed by atoms with Crippen molar-refractivity contribution >= 4 is 18.0 Å². The van der Waals surface area contributed by atoms with Gasteiger partial charge in [0.15, 0.2) is 0 Å². The van der Waals surface area contributed by atoms with E-state index in [0.29, 0.717) is 18.0 Å². The second-order valence-electron chi connectivity index (χ2n) is 9.60. The van der Waals surface area contributed by atoms with Crippen LogP contribution >= 0.6 is 0 Å². The molecule has 1 aromatic heterocycles. The molecule has 1 saturated heterocycles. The van der Waals surface area contributed by atoms with Crippen molar-refractivity contribution in [1.82, 2.24) is 15.2 Å². The van der Waals surface area contributed by atoms with E-state index in [1.807, 2.05) is 12.1 Å². The smallest absolute Gasteiger partial charge is 0.475 e. The van der Waals surface area contributed by atoms with Crippen molar-refractivity contribution < 1.29 is 46.1 Å². The molecular formula is C27H31F6N3O5. The standard InChI is InChI=1S/C23H29N3O.2C2HF3O2/c1-17(14-18-6-3-2-4-7-18)21-15-22(21)25-20-9-12-26(13-10-20)16-19-8-5-11-24-23(19)27;2*3-2(4,5)1(6)7/h2-8,11,14,20-22,25H,9-10,12-13,15-16H2,1H3,(H,24,27);2*(H,6,7)/t21-,22+;;/m0../s1. The summed E-state index contributed by atoms with van der Waals surface area (Å²) in [5.41, 5.74) is 3.69. The van der Waals surface area contributed by atoms with E-state index in [2.05, 4.69) is 58.5 Å². The Morgan fingerprint density at radius 1 is 0.976 bits per heavy atom. The first kappa shape index (κ1) is 33.6. The zero-order chi connectivity index (χ0) is 30.8. The number of carboxylic acid groups (broad SMARTS) is 2. The Kier molecular flexibility index (Phi) is 12.1. The highest BCUT2D eigenvalue weighted by Gasteiger charge is 2.40. The van der Waals surface area contributed by atoms with Crippen molar-refractivity contribution in [2.45, 2.75) is 57.2 Å². The quantitative estimate of drug-likeness (QED) is 0.360. The summed E-state index contributed by atoms with van der Waals surface area (Å²) in [6.07, 6.45) is -2.56. The predicted molar refractivity (Wildman–Crippen MR) is 138 cm³/mol. The number of pyridine rings is 1. The maximum atomic E-state index is 11.8. The number of aliphatic carboxylic acids is 2. The van der Waals surface area contributed by atoms with E-state index in [1.54, 1.807) is 6.20 Å². The van der Waals surface area contributed by atoms with Crippen LogP contribution in [0.5, 0.6) is 0 Å². The molecule has 0 unspecified atom stereocenters. The number of carbonyl (C=O) groups is 2. The summed E-state index contributed by atoms with van der Waals surface area (Å²) >= 11 is 0. The first-order chi connectivity index (χ1) is 19.1. The molecule has 1 aliphatic heterocycles. The van der Waals surface area contributed by atoms with Crippen LogP contribution < -0.4 is 10.9 Å². The molecule has 2 aromatic rings. The number of alkyl halides is 6. The Balaban J connectivity index is 0.000000349. The summed E-state index contributed by atoms with van der Waals surface area (Å²) < 4.78 is 63.5. The van der Waals surface area contributed by atoms with Crippen LogP contribution in [0.15, 0.2) is 59.0 Å². The molecule has 41 heavy (non-hydrogen) atoms. The lowest BCUT2D eigenvalue weighted by atomic mass is 10.0. The molecule has 4 N–H and O–H groups in total. The highest BCUT2D eigenvalue weighted by molar-refractivity contribution is 5.73. The van der Waals surface area contributed by atoms with Crippen LogP contribution in [-0.2, 0) is 16.1 Å². The summed E-state index contributed by atoms with van der Waals surface area (Å²) in [6.45, 7) is 5.14. The molecule has 14 heteroatoms. The number of aromatic amines is 1. The molecule has 0 amide bonds. The summed E-state index contributed by atoms with van der Waals surface area (Å²) in [5, 5.41) is 18.1. The lowest BCUT2D eigenvalue weighted by molar-refractivity contribution is -0.193. The number of halogens is 6. The number of H-pyrrole nitrogens is 1. The van der Waals surface area contributed by atoms with Gasteiger partial charge in [0.25, 0.3) is 5.56 Å². The van der Waals surface area contributed by atoms with Gasteiger partial charge in [0.1, 0.15) is 0 Å². The first-order valence-electron chi connectivity index (χ1n) is 12.6. The SMILES string of the molecule is CC(=Cc1ccccc1)[C@@H]1C[C@H]1NC1CCN(Cc2ccc[nH]c2=O)CC1.O=C(O)C(F)(F)F.O=C(O)C(F)(F)F. The molecule has 1 aromatic carbocycles. The minimum absolute atomic E-state index is 0.0410. The number of likely N-dealkylation sites (tertiary alicyclic amines) is 1. The van der Waals surface area contributed by atoms with E-state index in [0.717, 1.165) is 38.0 Å². The minimum Gasteiger partial charge on any atom is -0.475 e. The van der Waals surface area contributed by atoms with E-state index in [9.17, 15) is 31.1 Å². The zero-order valence-corrected chi connectivity index (χ0v) is 22.0. The minimum atomic E-state index is -5.08. The van der Waals surface area contributed by atoms with Crippen LogP contribution in [0.2, 0.25) is 0 Å². The largest absolute Gasteiger partial charge is 0.490 e. The van der Waals surface area contributed by atoms with E-state index >= 15 is 0 Å². The van der Waals surface area contributed by atoms with Gasteiger partial charge in [-0.25, -0.2) is 9.59 Å². The van der Waals surface area contributed by atoms with Gasteiger partial charge in [0.05, 0.1) is 0 Å². The molecule has 0 bridgehead atoms. The fraction of sp³-hybridized carbons (Fsp3) is 0.444. The Morgan fingerprint density at radius 3 is 2.00 bits per heavy atom. The summed E-state index contributed by atoms with van der Waals surface area (Å²) in [5.74, 6) is -4.83. The Labute approximate surface area is 231 Å². The third-order valence-electron chi connectivity index (χ3n) is 6.39. The highest BCUT2D eigenvalue weighted by Crippen LogP contribution is 2.38. The van der Waals surface area contributed by atoms with Crippen LogP contribution in [0, 0.1) is 5.92 Å². The van der Waals surface area contributed by atoms with Crippen molar-refractivity contribution in [3.05, 3.63) is 75.7 Å². The van der Waals surface area contributed by atoms with Gasteiger partial charge in [0, 0.05) is 30.4 Å². The number of hydrogen-bond acceptors (Lipinski definition) is 5. The highest BCUT2D eigenvalue weighted by atomic mass is 19.4. The van der Waals surface area contributed by atoms with E-state index in [4.69, 9.17) is 19.8 Å². The monoisotopic (exact) mass is 591 g/mol. The van der Waals surface area contributed by atoms with Crippen molar-refractivity contribution in [3.63, 3.8) is 0 Å². The topological polar surface area (TPSA) is 123 Å². The van der Waals surface area contributed by atoms with Gasteiger partial charge in [-0.1, -0.05) is 48.0 Å². The average Bonchev–Trinajstić information content (AvgIpc) is 3.66. The zero-order valence-electron chi connectivity index (χ0n) is 22.0. The second-order valence-corrected chi connectivity index (χ2v) is 9.60. The van der Waals surface area contributed by atoms with Crippen LogP contribution in [0.3, 0.4) is 0 Å². The van der Waals surface area contributed by atoms with Gasteiger partial charge in [0.2, 0.25) is 0 Å². The fourth-order valence-electron chi connectivity index (χ4n) is 4.18. The van der Waals surface area contributed by atoms with Crippen LogP contribution in [0.25, 0.3) is 6.08 Å². The van der Waals surface area contributed by atoms with Crippen molar-refractivity contribution in [3.8, 4) is 0 Å². The van der Waals surface area contributed by atoms with Crippen LogP contribution in [0.4, 0.5) is 26.3 Å². The number of benzene rings is 1. The molecule has 2 atom stereocenters. The van der Waals surface area contributed by atoms with Crippen molar-refractivity contribution in [2.75, 3.05) is 13.1 Å². The molecule has 4 rings (SSSR count). The number of nitrogens with one attached hydrogen (secondary N) is 2. The number of piperidine rings is 1. The third-order valence-corrected chi connectivity index (χ3v) is 6.39. The van der Waals surface area contributed by atoms with Crippen molar-refractivity contribution in [1.29, 1.82) is 0 Å². The Bertz CT molecular complexity index is 1200. The van der Waals surface area contributed by atoms with Crippen LogP contribution in [0.1, 0.15) is 37.3 Å². The molecule has 8 nitrogen and oxygen atoms in total. The molecule has 0 spiro atoms. The summed E-state index contributed by atoms with van der Waals surface area (Å²) in [7, 11) is 0. The maximum absolute atomic E-state index is 11.8. The molecule has 2 heterocycles. The predicted octanol–water partition coefficient (Wildman–Crippen LogP) is 4.69. The first-order valence-corrected chi connectivity index (χ1v) is 12.6. The Morgan fingerprint density at radius 2 is 1.51 bits per heavy atom. The fourth-order valence-corrected chi connectivity index (χ4v) is 4.18. The van der Waals surface area contributed by atoms with Gasteiger partial charge < -0.3 is 20.5 Å². The lowest BCUT2D eigenvalue weighted by Gasteiger charge is -2.32. The van der Waals surface area contributed by atoms with Gasteiger partial charge >= 0.3 is 24.3 Å². The number of hydrogen-bond donors (Lipinski definition) is 4. The molecule has 1 saturated carbocycles. The number of carboxylic acids is 2. The Hall–Kier alpha value is -3.65. The van der Waals surface area contributed by atoms with Gasteiger partial charge in [-0.05, 0) is 56.8 Å². The number of aromatic nitrogens is 1.